The molecule has 31 heavy (non-hydrogen) atoms. The standard InChI is InChI=1S/C21H16N4O5S/c1-14-5-8-18(9-6-14)31-20-10-7-15(11-19(20)25(29)30)13-22-23-21(26)16-3-2-4-17(12-16)24(27)28/h2-13H,1H3,(H,23,26). The first-order chi connectivity index (χ1) is 14.8. The summed E-state index contributed by atoms with van der Waals surface area (Å²) in [6.45, 7) is 1.96. The van der Waals surface area contributed by atoms with Gasteiger partial charge in [-0.2, -0.15) is 5.10 Å². The summed E-state index contributed by atoms with van der Waals surface area (Å²) in [7, 11) is 0. The van der Waals surface area contributed by atoms with Crippen molar-refractivity contribution in [1.82, 2.24) is 5.43 Å². The minimum atomic E-state index is -0.638. The molecule has 3 aromatic rings. The molecule has 3 aromatic carbocycles. The van der Waals surface area contributed by atoms with E-state index in [1.165, 1.54) is 42.2 Å². The summed E-state index contributed by atoms with van der Waals surface area (Å²) in [5.41, 5.74) is 3.54. The molecule has 0 unspecified atom stereocenters. The summed E-state index contributed by atoms with van der Waals surface area (Å²) in [6.07, 6.45) is 1.27. The largest absolute Gasteiger partial charge is 0.283 e. The summed E-state index contributed by atoms with van der Waals surface area (Å²) in [4.78, 5) is 34.7. The molecule has 0 radical (unpaired) electrons. The fraction of sp³-hybridized carbons (Fsp3) is 0.0476. The van der Waals surface area contributed by atoms with E-state index in [9.17, 15) is 25.0 Å². The molecular weight excluding hydrogens is 420 g/mol. The van der Waals surface area contributed by atoms with E-state index in [4.69, 9.17) is 0 Å². The maximum Gasteiger partial charge on any atom is 0.283 e. The molecule has 9 nitrogen and oxygen atoms in total. The Morgan fingerprint density at radius 2 is 1.74 bits per heavy atom. The summed E-state index contributed by atoms with van der Waals surface area (Å²) in [5.74, 6) is -0.638. The fourth-order valence-corrected chi connectivity index (χ4v) is 3.47. The SMILES string of the molecule is Cc1ccc(Sc2ccc(C=NNC(=O)c3cccc([N+](=O)[O-])c3)cc2[N+](=O)[O-])cc1. The number of rotatable bonds is 7. The van der Waals surface area contributed by atoms with E-state index in [1.54, 1.807) is 12.1 Å². The number of nitro benzene ring substituents is 2. The zero-order valence-electron chi connectivity index (χ0n) is 16.2. The van der Waals surface area contributed by atoms with E-state index < -0.39 is 15.8 Å². The first-order valence-corrected chi connectivity index (χ1v) is 9.76. The number of benzene rings is 3. The number of nitrogens with one attached hydrogen (secondary N) is 1. The molecule has 156 valence electrons. The lowest BCUT2D eigenvalue weighted by Crippen LogP contribution is -2.17. The van der Waals surface area contributed by atoms with E-state index in [-0.39, 0.29) is 16.9 Å². The topological polar surface area (TPSA) is 128 Å². The molecule has 1 N–H and O–H groups in total. The van der Waals surface area contributed by atoms with E-state index in [1.807, 2.05) is 31.2 Å². The third-order valence-corrected chi connectivity index (χ3v) is 5.20. The molecule has 0 aliphatic rings. The Morgan fingerprint density at radius 3 is 2.42 bits per heavy atom. The molecule has 0 saturated carbocycles. The van der Waals surface area contributed by atoms with Gasteiger partial charge in [0.05, 0.1) is 21.0 Å². The van der Waals surface area contributed by atoms with Crippen LogP contribution in [0.25, 0.3) is 0 Å². The highest BCUT2D eigenvalue weighted by Crippen LogP contribution is 2.35. The van der Waals surface area contributed by atoms with Gasteiger partial charge in [-0.15, -0.1) is 0 Å². The number of aryl methyl sites for hydroxylation is 1. The fourth-order valence-electron chi connectivity index (χ4n) is 2.57. The molecule has 0 aliphatic carbocycles. The molecule has 0 heterocycles. The molecule has 0 aliphatic heterocycles. The van der Waals surface area contributed by atoms with Crippen LogP contribution in [0.4, 0.5) is 11.4 Å². The Bertz CT molecular complexity index is 1180. The van der Waals surface area contributed by atoms with Crippen molar-refractivity contribution in [2.75, 3.05) is 0 Å². The predicted molar refractivity (Wildman–Crippen MR) is 117 cm³/mol. The van der Waals surface area contributed by atoms with Crippen LogP contribution in [0.15, 0.2) is 81.6 Å². The molecule has 0 atom stereocenters. The van der Waals surface area contributed by atoms with Crippen LogP contribution in [0.3, 0.4) is 0 Å². The first-order valence-electron chi connectivity index (χ1n) is 8.94. The van der Waals surface area contributed by atoms with Gasteiger partial charge >= 0.3 is 0 Å². The third kappa shape index (κ3) is 5.73. The maximum absolute atomic E-state index is 12.1. The monoisotopic (exact) mass is 436 g/mol. The normalized spacial score (nSPS) is 10.7. The van der Waals surface area contributed by atoms with Crippen molar-refractivity contribution in [3.05, 3.63) is 104 Å². The lowest BCUT2D eigenvalue weighted by atomic mass is 10.2. The molecule has 10 heteroatoms. The van der Waals surface area contributed by atoms with Gasteiger partial charge in [-0.05, 0) is 31.2 Å². The van der Waals surface area contributed by atoms with Crippen molar-refractivity contribution < 1.29 is 14.6 Å². The molecular formula is C21H16N4O5S. The van der Waals surface area contributed by atoms with Crippen molar-refractivity contribution in [2.45, 2.75) is 16.7 Å². The number of carbonyl (C=O) groups excluding carboxylic acids is 1. The zero-order chi connectivity index (χ0) is 22.4. The van der Waals surface area contributed by atoms with Gasteiger partial charge < -0.3 is 0 Å². The molecule has 0 saturated heterocycles. The minimum Gasteiger partial charge on any atom is -0.267 e. The van der Waals surface area contributed by atoms with Gasteiger partial charge in [0.1, 0.15) is 0 Å². The first kappa shape index (κ1) is 21.7. The number of nitrogens with zero attached hydrogens (tertiary/aromatic N) is 3. The Morgan fingerprint density at radius 1 is 1.00 bits per heavy atom. The molecule has 0 fully saturated rings. The van der Waals surface area contributed by atoms with E-state index in [0.717, 1.165) is 16.5 Å². The highest BCUT2D eigenvalue weighted by atomic mass is 32.2. The Labute approximate surface area is 181 Å². The smallest absolute Gasteiger partial charge is 0.267 e. The van der Waals surface area contributed by atoms with Crippen molar-refractivity contribution in [3.63, 3.8) is 0 Å². The number of hydrogen-bond acceptors (Lipinski definition) is 7. The van der Waals surface area contributed by atoms with Crippen LogP contribution in [0.5, 0.6) is 0 Å². The third-order valence-electron chi connectivity index (χ3n) is 4.13. The van der Waals surface area contributed by atoms with Crippen LogP contribution in [0.2, 0.25) is 0 Å². The summed E-state index contributed by atoms with van der Waals surface area (Å²) in [6, 6.07) is 17.5. The quantitative estimate of drug-likeness (QED) is 0.324. The lowest BCUT2D eigenvalue weighted by Gasteiger charge is -2.05. The van der Waals surface area contributed by atoms with Crippen LogP contribution in [0.1, 0.15) is 21.5 Å². The molecule has 0 aromatic heterocycles. The number of non-ortho nitro benzene ring substituents is 1. The van der Waals surface area contributed by atoms with Crippen molar-refractivity contribution in [2.24, 2.45) is 5.10 Å². The highest BCUT2D eigenvalue weighted by molar-refractivity contribution is 7.99. The average Bonchev–Trinajstić information content (AvgIpc) is 2.76. The molecule has 3 rings (SSSR count). The summed E-state index contributed by atoms with van der Waals surface area (Å²) >= 11 is 1.28. The number of nitro groups is 2. The average molecular weight is 436 g/mol. The van der Waals surface area contributed by atoms with Gasteiger partial charge in [-0.25, -0.2) is 5.43 Å². The van der Waals surface area contributed by atoms with Gasteiger partial charge in [-0.1, -0.05) is 41.6 Å². The van der Waals surface area contributed by atoms with Crippen LogP contribution >= 0.6 is 11.8 Å². The van der Waals surface area contributed by atoms with Crippen molar-refractivity contribution in [3.8, 4) is 0 Å². The predicted octanol–water partition coefficient (Wildman–Crippen LogP) is 4.73. The number of hydrazone groups is 1. The van der Waals surface area contributed by atoms with Crippen molar-refractivity contribution >= 4 is 35.3 Å². The van der Waals surface area contributed by atoms with Crippen LogP contribution < -0.4 is 5.43 Å². The summed E-state index contributed by atoms with van der Waals surface area (Å²) < 4.78 is 0. The van der Waals surface area contributed by atoms with Crippen LogP contribution in [-0.2, 0) is 0 Å². The second-order valence-electron chi connectivity index (χ2n) is 6.41. The molecule has 1 amide bonds. The second-order valence-corrected chi connectivity index (χ2v) is 7.52. The van der Waals surface area contributed by atoms with Gasteiger partial charge in [0.2, 0.25) is 0 Å². The summed E-state index contributed by atoms with van der Waals surface area (Å²) in [5, 5.41) is 26.1. The van der Waals surface area contributed by atoms with E-state index >= 15 is 0 Å². The van der Waals surface area contributed by atoms with Crippen molar-refractivity contribution in [1.29, 1.82) is 0 Å². The van der Waals surface area contributed by atoms with Crippen LogP contribution in [0, 0.1) is 27.2 Å². The van der Waals surface area contributed by atoms with E-state index in [0.29, 0.717) is 10.5 Å². The van der Waals surface area contributed by atoms with Gasteiger partial charge in [-0.3, -0.25) is 25.0 Å². The van der Waals surface area contributed by atoms with E-state index in [2.05, 4.69) is 10.5 Å². The Kier molecular flexibility index (Phi) is 6.73. The second kappa shape index (κ2) is 9.63. The number of carbonyl (C=O) groups is 1. The Hall–Kier alpha value is -4.05. The zero-order valence-corrected chi connectivity index (χ0v) is 17.0. The lowest BCUT2D eigenvalue weighted by molar-refractivity contribution is -0.387. The van der Waals surface area contributed by atoms with Gasteiger partial charge in [0.25, 0.3) is 17.3 Å². The Balaban J connectivity index is 1.73. The minimum absolute atomic E-state index is 0.0715. The number of hydrogen-bond donors (Lipinski definition) is 1. The number of amides is 1. The highest BCUT2D eigenvalue weighted by Gasteiger charge is 2.16. The molecule has 0 spiro atoms. The van der Waals surface area contributed by atoms with Gasteiger partial charge in [0.15, 0.2) is 0 Å². The van der Waals surface area contributed by atoms with Gasteiger partial charge in [0, 0.05) is 34.2 Å². The van der Waals surface area contributed by atoms with Crippen LogP contribution in [-0.4, -0.2) is 22.0 Å². The maximum atomic E-state index is 12.1. The molecule has 0 bridgehead atoms.